The number of aryl methyl sites for hydroxylation is 2. The van der Waals surface area contributed by atoms with Crippen LogP contribution in [0.3, 0.4) is 0 Å². The van der Waals surface area contributed by atoms with Crippen molar-refractivity contribution in [3.05, 3.63) is 56.1 Å². The van der Waals surface area contributed by atoms with E-state index in [-0.39, 0.29) is 6.61 Å². The van der Waals surface area contributed by atoms with Crippen molar-refractivity contribution in [1.29, 1.82) is 0 Å². The maximum atomic E-state index is 10.6. The molecular weight excluding hydrogens is 555 g/mol. The number of hydrogen-bond acceptors (Lipinski definition) is 8. The van der Waals surface area contributed by atoms with E-state index in [0.29, 0.717) is 34.0 Å². The van der Waals surface area contributed by atoms with Crippen LogP contribution in [0.1, 0.15) is 27.7 Å². The summed E-state index contributed by atoms with van der Waals surface area (Å²) in [6, 6.07) is 7.16. The summed E-state index contributed by atoms with van der Waals surface area (Å²) < 4.78 is 29.2. The molecule has 29 heavy (non-hydrogen) atoms. The van der Waals surface area contributed by atoms with Gasteiger partial charge in [-0.2, -0.15) is 0 Å². The van der Waals surface area contributed by atoms with Gasteiger partial charge in [-0.1, -0.05) is 6.07 Å². The van der Waals surface area contributed by atoms with Crippen molar-refractivity contribution < 1.29 is 41.2 Å². The number of carbonyl (C=O) groups excluding carboxylic acids is 1. The molecule has 0 fully saturated rings. The number of carbonyl (C=O) groups is 1. The van der Waals surface area contributed by atoms with Gasteiger partial charge in [-0.25, -0.2) is 9.97 Å². The Labute approximate surface area is 187 Å². The first-order valence-electron chi connectivity index (χ1n) is 7.91. The van der Waals surface area contributed by atoms with Crippen LogP contribution >= 0.6 is 31.9 Å². The van der Waals surface area contributed by atoms with Crippen molar-refractivity contribution in [2.24, 2.45) is 0 Å². The molecule has 0 amide bonds. The number of fused-ring (bicyclic) bond motifs is 2. The average Bonchev–Trinajstić information content (AvgIpc) is 3.27. The van der Waals surface area contributed by atoms with E-state index in [0.717, 1.165) is 26.3 Å². The number of aldehydes is 1. The average molecular weight is 569 g/mol. The molecule has 0 atom stereocenters. The first kappa shape index (κ1) is 23.4. The normalized spacial score (nSPS) is 10.1. The topological polar surface area (TPSA) is 124 Å². The van der Waals surface area contributed by atoms with E-state index in [4.69, 9.17) is 21.6 Å². The van der Waals surface area contributed by atoms with Gasteiger partial charge < -0.3 is 13.9 Å². The zero-order valence-electron chi connectivity index (χ0n) is 15.1. The molecule has 0 spiro atoms. The summed E-state index contributed by atoms with van der Waals surface area (Å²) >= 11 is 5.24. The molecule has 1 N–H and O–H groups in total. The molecule has 4 aromatic rings. The van der Waals surface area contributed by atoms with Crippen molar-refractivity contribution in [1.82, 2.24) is 9.97 Å². The van der Waals surface area contributed by atoms with E-state index < -0.39 is 14.8 Å². The number of aliphatic hydroxyl groups is 1. The standard InChI is InChI=1S/C9H8BrNO2.C9H6BrNO2.Mn.2O/c2*1-5-11-8-6(4-12)2-3-7(10)9(8)13-5;;;/h2-3,12H,4H2,1H3;2-4H,1H3;;;. The molecule has 0 aliphatic carbocycles. The molecule has 2 aromatic heterocycles. The van der Waals surface area contributed by atoms with E-state index in [1.807, 2.05) is 12.1 Å². The van der Waals surface area contributed by atoms with Crippen LogP contribution in [-0.2, 0) is 29.1 Å². The number of aromatic nitrogens is 2. The van der Waals surface area contributed by atoms with Gasteiger partial charge in [0, 0.05) is 25.0 Å². The van der Waals surface area contributed by atoms with Crippen LogP contribution in [0.4, 0.5) is 0 Å². The number of oxazole rings is 2. The van der Waals surface area contributed by atoms with Gasteiger partial charge in [-0.05, 0) is 50.1 Å². The summed E-state index contributed by atoms with van der Waals surface area (Å²) in [5.41, 5.74) is 4.01. The Morgan fingerprint density at radius 2 is 1.45 bits per heavy atom. The van der Waals surface area contributed by atoms with Crippen LogP contribution in [0, 0.1) is 13.8 Å². The maximum absolute atomic E-state index is 10.6. The SMILES string of the molecule is Cc1nc2c(C=O)ccc(Br)c2o1.Cc1nc2c(CO)ccc(Br)c2o1.[O]=[Mn]=[O]. The molecule has 0 saturated carbocycles. The molecule has 0 bridgehead atoms. The summed E-state index contributed by atoms with van der Waals surface area (Å²) in [7, 11) is 0. The van der Waals surface area contributed by atoms with Crippen molar-refractivity contribution in [2.75, 3.05) is 0 Å². The molecule has 0 saturated heterocycles. The predicted octanol–water partition coefficient (Wildman–Crippen LogP) is 4.86. The first-order chi connectivity index (χ1) is 13.9. The van der Waals surface area contributed by atoms with E-state index in [1.54, 1.807) is 26.0 Å². The van der Waals surface area contributed by atoms with Crippen LogP contribution < -0.4 is 0 Å². The van der Waals surface area contributed by atoms with Crippen molar-refractivity contribution in [2.45, 2.75) is 20.5 Å². The van der Waals surface area contributed by atoms with Gasteiger partial charge in [0.05, 0.1) is 15.6 Å². The fourth-order valence-corrected chi connectivity index (χ4v) is 3.26. The summed E-state index contributed by atoms with van der Waals surface area (Å²) in [6.45, 7) is 3.52. The number of rotatable bonds is 2. The molecule has 2 aromatic carbocycles. The predicted molar refractivity (Wildman–Crippen MR) is 106 cm³/mol. The van der Waals surface area contributed by atoms with Crippen LogP contribution in [-0.4, -0.2) is 21.4 Å². The Morgan fingerprint density at radius 3 is 1.97 bits per heavy atom. The molecule has 153 valence electrons. The van der Waals surface area contributed by atoms with Gasteiger partial charge in [0.15, 0.2) is 29.2 Å². The fourth-order valence-electron chi connectivity index (χ4n) is 2.46. The molecule has 8 nitrogen and oxygen atoms in total. The number of halogens is 2. The number of nitrogens with zero attached hydrogens (tertiary/aromatic N) is 2. The third-order valence-corrected chi connectivity index (χ3v) is 4.87. The molecule has 0 aliphatic heterocycles. The number of hydrogen-bond donors (Lipinski definition) is 1. The molecule has 0 unspecified atom stereocenters. The van der Waals surface area contributed by atoms with Gasteiger partial charge >= 0.3 is 22.5 Å². The molecular formula is C18H14Br2MnN2O6. The van der Waals surface area contributed by atoms with Crippen LogP contribution in [0.5, 0.6) is 0 Å². The first-order valence-corrected chi connectivity index (χ1v) is 10.5. The van der Waals surface area contributed by atoms with Gasteiger partial charge in [0.1, 0.15) is 11.0 Å². The monoisotopic (exact) mass is 567 g/mol. The third-order valence-electron chi connectivity index (χ3n) is 3.62. The number of aliphatic hydroxyl groups excluding tert-OH is 1. The summed E-state index contributed by atoms with van der Waals surface area (Å²) in [6.07, 6.45) is 0.775. The van der Waals surface area contributed by atoms with E-state index >= 15 is 0 Å². The van der Waals surface area contributed by atoms with Crippen LogP contribution in [0.25, 0.3) is 22.2 Å². The molecule has 0 aliphatic rings. The zero-order valence-corrected chi connectivity index (χ0v) is 19.5. The van der Waals surface area contributed by atoms with Crippen molar-refractivity contribution in [3.8, 4) is 0 Å². The Hall–Kier alpha value is -1.91. The molecule has 2 heterocycles. The summed E-state index contributed by atoms with van der Waals surface area (Å²) in [5, 5.41) is 9.04. The van der Waals surface area contributed by atoms with Gasteiger partial charge in [0.2, 0.25) is 0 Å². The van der Waals surface area contributed by atoms with Crippen LogP contribution in [0.15, 0.2) is 42.0 Å². The minimum absolute atomic E-state index is 0.0181. The van der Waals surface area contributed by atoms with Crippen molar-refractivity contribution >= 4 is 60.3 Å². The van der Waals surface area contributed by atoms with Gasteiger partial charge in [-0.15, -0.1) is 0 Å². The quantitative estimate of drug-likeness (QED) is 0.268. The second-order valence-corrected chi connectivity index (χ2v) is 7.41. The molecule has 0 radical (unpaired) electrons. The summed E-state index contributed by atoms with van der Waals surface area (Å²) in [5.74, 6) is 1.17. The molecule has 11 heteroatoms. The second kappa shape index (κ2) is 10.7. The molecule has 4 rings (SSSR count). The zero-order chi connectivity index (χ0) is 21.6. The van der Waals surface area contributed by atoms with E-state index in [9.17, 15) is 4.79 Å². The Bertz CT molecular complexity index is 1200. The van der Waals surface area contributed by atoms with Crippen LogP contribution in [0.2, 0.25) is 0 Å². The van der Waals surface area contributed by atoms with E-state index in [1.165, 1.54) is 0 Å². The minimum atomic E-state index is -1.44. The Kier molecular flexibility index (Phi) is 8.66. The summed E-state index contributed by atoms with van der Waals surface area (Å²) in [4.78, 5) is 18.9. The van der Waals surface area contributed by atoms with Crippen molar-refractivity contribution in [3.63, 3.8) is 0 Å². The van der Waals surface area contributed by atoms with E-state index in [2.05, 4.69) is 41.8 Å². The second-order valence-electron chi connectivity index (χ2n) is 5.50. The fraction of sp³-hybridized carbons (Fsp3) is 0.167. The Balaban J connectivity index is 0.000000183. The Morgan fingerprint density at radius 1 is 0.966 bits per heavy atom. The van der Waals surface area contributed by atoms with Gasteiger partial charge in [0.25, 0.3) is 0 Å². The van der Waals surface area contributed by atoms with Gasteiger partial charge in [-0.3, -0.25) is 4.79 Å². The number of benzene rings is 2. The third kappa shape index (κ3) is 5.58.